The highest BCUT2D eigenvalue weighted by Crippen LogP contribution is 2.27. The minimum Gasteiger partial charge on any atom is -0.481 e. The van der Waals surface area contributed by atoms with Gasteiger partial charge in [-0.25, -0.2) is 0 Å². The normalized spacial score (nSPS) is 12.5. The molecule has 0 radical (unpaired) electrons. The van der Waals surface area contributed by atoms with Gasteiger partial charge in [0.2, 0.25) is 0 Å². The fraction of sp³-hybridized carbons (Fsp3) is 0.385. The fourth-order valence-corrected chi connectivity index (χ4v) is 2.54. The quantitative estimate of drug-likeness (QED) is 0.786. The number of rotatable bonds is 6. The second kappa shape index (κ2) is 5.82. The Balaban J connectivity index is 1.85. The van der Waals surface area contributed by atoms with Crippen molar-refractivity contribution in [3.63, 3.8) is 0 Å². The van der Waals surface area contributed by atoms with Crippen LogP contribution in [-0.2, 0) is 4.79 Å². The summed E-state index contributed by atoms with van der Waals surface area (Å²) in [5.74, 6) is -0.997. The average molecular weight is 264 g/mol. The first kappa shape index (κ1) is 12.8. The maximum absolute atomic E-state index is 10.7. The molecule has 2 rings (SSSR count). The van der Waals surface area contributed by atoms with Crippen molar-refractivity contribution >= 4 is 33.4 Å². The van der Waals surface area contributed by atoms with E-state index in [-0.39, 0.29) is 5.92 Å². The highest BCUT2D eigenvalue weighted by atomic mass is 32.1. The molecule has 0 aliphatic heterocycles. The van der Waals surface area contributed by atoms with Crippen LogP contribution in [0.5, 0.6) is 0 Å². The lowest BCUT2D eigenvalue weighted by Crippen LogP contribution is -2.11. The van der Waals surface area contributed by atoms with Crippen molar-refractivity contribution in [1.29, 1.82) is 0 Å². The molecular weight excluding hydrogens is 248 g/mol. The Hall–Kier alpha value is -1.62. The van der Waals surface area contributed by atoms with Crippen molar-refractivity contribution in [3.8, 4) is 0 Å². The van der Waals surface area contributed by atoms with Crippen molar-refractivity contribution in [2.45, 2.75) is 19.8 Å². The first-order valence-electron chi connectivity index (χ1n) is 5.99. The number of aromatic nitrogens is 1. The van der Waals surface area contributed by atoms with E-state index in [1.807, 2.05) is 24.3 Å². The van der Waals surface area contributed by atoms with Gasteiger partial charge in [0.05, 0.1) is 11.4 Å². The van der Waals surface area contributed by atoms with Gasteiger partial charge in [-0.15, -0.1) is 0 Å². The molecule has 0 saturated carbocycles. The molecule has 4 nitrogen and oxygen atoms in total. The Kier molecular flexibility index (Phi) is 4.15. The summed E-state index contributed by atoms with van der Waals surface area (Å²) in [7, 11) is 0. The Morgan fingerprint density at radius 2 is 2.28 bits per heavy atom. The molecule has 0 aliphatic rings. The van der Waals surface area contributed by atoms with Crippen molar-refractivity contribution in [1.82, 2.24) is 4.37 Å². The molecule has 0 fully saturated rings. The SMILES string of the molecule is CC(CCCNc1snc2ccccc12)C(=O)O. The zero-order valence-electron chi connectivity index (χ0n) is 10.2. The summed E-state index contributed by atoms with van der Waals surface area (Å²) in [5, 5.41) is 14.3. The van der Waals surface area contributed by atoms with Gasteiger partial charge in [0.1, 0.15) is 5.00 Å². The number of hydrogen-bond acceptors (Lipinski definition) is 4. The monoisotopic (exact) mass is 264 g/mol. The van der Waals surface area contributed by atoms with E-state index >= 15 is 0 Å². The van der Waals surface area contributed by atoms with Crippen LogP contribution in [0.25, 0.3) is 10.9 Å². The minimum absolute atomic E-state index is 0.273. The Labute approximate surface area is 110 Å². The van der Waals surface area contributed by atoms with E-state index in [9.17, 15) is 4.79 Å². The first-order valence-corrected chi connectivity index (χ1v) is 6.77. The third kappa shape index (κ3) is 2.98. The summed E-state index contributed by atoms with van der Waals surface area (Å²) in [4.78, 5) is 10.7. The van der Waals surface area contributed by atoms with Crippen molar-refractivity contribution in [2.24, 2.45) is 5.92 Å². The lowest BCUT2D eigenvalue weighted by atomic mass is 10.1. The van der Waals surface area contributed by atoms with Crippen LogP contribution in [0.3, 0.4) is 0 Å². The number of fused-ring (bicyclic) bond motifs is 1. The molecule has 0 spiro atoms. The number of nitrogens with zero attached hydrogens (tertiary/aromatic N) is 1. The number of aliphatic carboxylic acids is 1. The van der Waals surface area contributed by atoms with E-state index in [1.54, 1.807) is 6.92 Å². The number of carbonyl (C=O) groups is 1. The molecule has 5 heteroatoms. The second-order valence-electron chi connectivity index (χ2n) is 4.34. The van der Waals surface area contributed by atoms with Crippen LogP contribution >= 0.6 is 11.5 Å². The summed E-state index contributed by atoms with van der Waals surface area (Å²) in [5.41, 5.74) is 1.00. The van der Waals surface area contributed by atoms with Crippen LogP contribution in [0, 0.1) is 5.92 Å². The van der Waals surface area contributed by atoms with Crippen LogP contribution in [0.4, 0.5) is 5.00 Å². The number of carboxylic acid groups (broad SMARTS) is 1. The van der Waals surface area contributed by atoms with E-state index in [2.05, 4.69) is 9.69 Å². The zero-order valence-corrected chi connectivity index (χ0v) is 11.0. The van der Waals surface area contributed by atoms with Crippen LogP contribution in [0.15, 0.2) is 24.3 Å². The third-order valence-corrected chi connectivity index (χ3v) is 3.74. The molecule has 0 amide bonds. The lowest BCUT2D eigenvalue weighted by molar-refractivity contribution is -0.141. The standard InChI is InChI=1S/C13H16N2O2S/c1-9(13(16)17)5-4-8-14-12-10-6-2-3-7-11(10)15-18-12/h2-3,6-7,9,14H,4-5,8H2,1H3,(H,16,17). The van der Waals surface area contributed by atoms with Crippen LogP contribution in [0.1, 0.15) is 19.8 Å². The topological polar surface area (TPSA) is 62.2 Å². The third-order valence-electron chi connectivity index (χ3n) is 2.90. The van der Waals surface area contributed by atoms with Crippen LogP contribution in [0.2, 0.25) is 0 Å². The molecule has 1 heterocycles. The molecule has 0 bridgehead atoms. The van der Waals surface area contributed by atoms with Crippen molar-refractivity contribution < 1.29 is 9.90 Å². The van der Waals surface area contributed by atoms with Gasteiger partial charge >= 0.3 is 5.97 Å². The van der Waals surface area contributed by atoms with Gasteiger partial charge in [-0.3, -0.25) is 4.79 Å². The molecule has 1 aromatic heterocycles. The van der Waals surface area contributed by atoms with E-state index in [4.69, 9.17) is 5.11 Å². The molecule has 0 saturated heterocycles. The first-order chi connectivity index (χ1) is 8.68. The smallest absolute Gasteiger partial charge is 0.306 e. The van der Waals surface area contributed by atoms with Gasteiger partial charge in [-0.2, -0.15) is 4.37 Å². The highest BCUT2D eigenvalue weighted by molar-refractivity contribution is 7.11. The average Bonchev–Trinajstić information content (AvgIpc) is 2.77. The molecule has 2 aromatic rings. The van der Waals surface area contributed by atoms with Gasteiger partial charge in [0.25, 0.3) is 0 Å². The van der Waals surface area contributed by atoms with Crippen LogP contribution in [-0.4, -0.2) is 22.0 Å². The minimum atomic E-state index is -0.724. The van der Waals surface area contributed by atoms with E-state index < -0.39 is 5.97 Å². The Morgan fingerprint density at radius 3 is 3.06 bits per heavy atom. The molecule has 2 N–H and O–H groups in total. The summed E-state index contributed by atoms with van der Waals surface area (Å²) < 4.78 is 4.35. The van der Waals surface area contributed by atoms with Gasteiger partial charge in [-0.05, 0) is 36.5 Å². The molecule has 96 valence electrons. The van der Waals surface area contributed by atoms with Crippen LogP contribution < -0.4 is 5.32 Å². The van der Waals surface area contributed by atoms with Gasteiger partial charge in [0.15, 0.2) is 0 Å². The predicted octanol–water partition coefficient (Wildman–Crippen LogP) is 3.21. The molecule has 18 heavy (non-hydrogen) atoms. The van der Waals surface area contributed by atoms with E-state index in [0.717, 1.165) is 28.9 Å². The van der Waals surface area contributed by atoms with Crippen molar-refractivity contribution in [2.75, 3.05) is 11.9 Å². The fourth-order valence-electron chi connectivity index (χ4n) is 1.75. The van der Waals surface area contributed by atoms with Gasteiger partial charge in [-0.1, -0.05) is 19.1 Å². The van der Waals surface area contributed by atoms with Gasteiger partial charge in [0, 0.05) is 11.9 Å². The maximum Gasteiger partial charge on any atom is 0.306 e. The number of benzene rings is 1. The molecule has 1 aromatic carbocycles. The largest absolute Gasteiger partial charge is 0.481 e. The summed E-state index contributed by atoms with van der Waals surface area (Å²) in [6.07, 6.45) is 1.54. The zero-order chi connectivity index (χ0) is 13.0. The number of anilines is 1. The summed E-state index contributed by atoms with van der Waals surface area (Å²) in [6.45, 7) is 2.52. The molecule has 1 atom stereocenters. The second-order valence-corrected chi connectivity index (χ2v) is 5.11. The number of carboxylic acids is 1. The molecular formula is C13H16N2O2S. The summed E-state index contributed by atoms with van der Waals surface area (Å²) >= 11 is 1.45. The Morgan fingerprint density at radius 1 is 1.50 bits per heavy atom. The summed E-state index contributed by atoms with van der Waals surface area (Å²) in [6, 6.07) is 8.00. The van der Waals surface area contributed by atoms with Crippen molar-refractivity contribution in [3.05, 3.63) is 24.3 Å². The van der Waals surface area contributed by atoms with E-state index in [0.29, 0.717) is 6.42 Å². The maximum atomic E-state index is 10.7. The highest BCUT2D eigenvalue weighted by Gasteiger charge is 2.10. The lowest BCUT2D eigenvalue weighted by Gasteiger charge is -2.06. The Bertz CT molecular complexity index is 539. The molecule has 0 aliphatic carbocycles. The number of hydrogen-bond donors (Lipinski definition) is 2. The number of nitrogens with one attached hydrogen (secondary N) is 1. The van der Waals surface area contributed by atoms with Gasteiger partial charge < -0.3 is 10.4 Å². The predicted molar refractivity (Wildman–Crippen MR) is 74.1 cm³/mol. The molecule has 1 unspecified atom stereocenters. The van der Waals surface area contributed by atoms with E-state index in [1.165, 1.54) is 11.5 Å².